The summed E-state index contributed by atoms with van der Waals surface area (Å²) < 4.78 is 0. The van der Waals surface area contributed by atoms with Crippen molar-refractivity contribution in [2.24, 2.45) is 23.2 Å². The third kappa shape index (κ3) is 5.10. The number of rotatable bonds is 6. The molecule has 0 bridgehead atoms. The summed E-state index contributed by atoms with van der Waals surface area (Å²) in [5.74, 6) is 2.63. The largest absolute Gasteiger partial charge is 0.316 e. The van der Waals surface area contributed by atoms with Crippen molar-refractivity contribution in [3.05, 3.63) is 22.4 Å². The van der Waals surface area contributed by atoms with Crippen molar-refractivity contribution in [1.29, 1.82) is 0 Å². The molecule has 1 aliphatic carbocycles. The SMILES string of the molecule is CCCNCC1CCC(C(C)(C)C)CC1Cc1ccsc1. The minimum absolute atomic E-state index is 0.467. The standard InChI is InChI=1S/C19H33NS/c1-5-9-20-13-16-6-7-18(19(2,3)4)12-17(16)11-15-8-10-21-14-15/h8,10,14,16-18,20H,5-7,9,11-13H2,1-4H3. The van der Waals surface area contributed by atoms with Crippen molar-refractivity contribution < 1.29 is 0 Å². The highest BCUT2D eigenvalue weighted by Gasteiger charge is 2.35. The van der Waals surface area contributed by atoms with Crippen molar-refractivity contribution in [2.75, 3.05) is 13.1 Å². The highest BCUT2D eigenvalue weighted by atomic mass is 32.1. The third-order valence-electron chi connectivity index (χ3n) is 5.28. The first kappa shape index (κ1) is 17.0. The van der Waals surface area contributed by atoms with Gasteiger partial charge >= 0.3 is 0 Å². The Morgan fingerprint density at radius 3 is 2.67 bits per heavy atom. The Balaban J connectivity index is 1.98. The highest BCUT2D eigenvalue weighted by molar-refractivity contribution is 7.07. The predicted molar refractivity (Wildman–Crippen MR) is 95.0 cm³/mol. The number of hydrogen-bond acceptors (Lipinski definition) is 2. The summed E-state index contributed by atoms with van der Waals surface area (Å²) in [5, 5.41) is 8.24. The van der Waals surface area contributed by atoms with E-state index in [0.29, 0.717) is 5.41 Å². The molecule has 0 aromatic carbocycles. The molecule has 3 atom stereocenters. The third-order valence-corrected chi connectivity index (χ3v) is 6.01. The lowest BCUT2D eigenvalue weighted by Crippen LogP contribution is -2.37. The van der Waals surface area contributed by atoms with Crippen LogP contribution in [0.25, 0.3) is 0 Å². The van der Waals surface area contributed by atoms with Crippen LogP contribution in [0.15, 0.2) is 16.8 Å². The topological polar surface area (TPSA) is 12.0 Å². The molecule has 2 heteroatoms. The maximum Gasteiger partial charge on any atom is -0.00178 e. The van der Waals surface area contributed by atoms with E-state index >= 15 is 0 Å². The first-order valence-electron chi connectivity index (χ1n) is 8.72. The molecular weight excluding hydrogens is 274 g/mol. The maximum atomic E-state index is 3.67. The maximum absolute atomic E-state index is 3.67. The molecule has 2 rings (SSSR count). The first-order chi connectivity index (χ1) is 10.0. The minimum Gasteiger partial charge on any atom is -0.316 e. The Hall–Kier alpha value is -0.340. The van der Waals surface area contributed by atoms with Gasteiger partial charge in [-0.2, -0.15) is 11.3 Å². The van der Waals surface area contributed by atoms with Gasteiger partial charge in [0, 0.05) is 0 Å². The average molecular weight is 308 g/mol. The molecule has 1 aliphatic rings. The Bertz CT molecular complexity index is 390. The van der Waals surface area contributed by atoms with Crippen molar-refractivity contribution in [3.8, 4) is 0 Å². The molecule has 0 saturated heterocycles. The quantitative estimate of drug-likeness (QED) is 0.697. The summed E-state index contributed by atoms with van der Waals surface area (Å²) in [5.41, 5.74) is 2.02. The van der Waals surface area contributed by atoms with E-state index in [1.807, 2.05) is 11.3 Å². The monoisotopic (exact) mass is 307 g/mol. The molecule has 0 spiro atoms. The van der Waals surface area contributed by atoms with E-state index < -0.39 is 0 Å². The summed E-state index contributed by atoms with van der Waals surface area (Å²) in [7, 11) is 0. The van der Waals surface area contributed by atoms with E-state index in [1.165, 1.54) is 45.2 Å². The fraction of sp³-hybridized carbons (Fsp3) is 0.789. The lowest BCUT2D eigenvalue weighted by Gasteiger charge is -2.42. The van der Waals surface area contributed by atoms with Gasteiger partial charge in [0.05, 0.1) is 0 Å². The second kappa shape index (κ2) is 7.78. The van der Waals surface area contributed by atoms with Gasteiger partial charge in [0.15, 0.2) is 0 Å². The van der Waals surface area contributed by atoms with Crippen LogP contribution in [0.1, 0.15) is 58.9 Å². The molecular formula is C19H33NS. The number of thiophene rings is 1. The van der Waals surface area contributed by atoms with Gasteiger partial charge in [-0.05, 0) is 90.8 Å². The van der Waals surface area contributed by atoms with Crippen LogP contribution in [0.3, 0.4) is 0 Å². The average Bonchev–Trinajstić information content (AvgIpc) is 2.92. The molecule has 0 aliphatic heterocycles. The van der Waals surface area contributed by atoms with E-state index in [2.05, 4.69) is 49.8 Å². The fourth-order valence-electron chi connectivity index (χ4n) is 3.81. The summed E-state index contributed by atoms with van der Waals surface area (Å²) in [4.78, 5) is 0. The van der Waals surface area contributed by atoms with E-state index in [0.717, 1.165) is 17.8 Å². The molecule has 1 N–H and O–H groups in total. The van der Waals surface area contributed by atoms with Crippen LogP contribution in [0, 0.1) is 23.2 Å². The smallest absolute Gasteiger partial charge is 0.00178 e. The van der Waals surface area contributed by atoms with Gasteiger partial charge in [0.2, 0.25) is 0 Å². The second-order valence-corrected chi connectivity index (χ2v) is 8.72. The fourth-order valence-corrected chi connectivity index (χ4v) is 4.49. The van der Waals surface area contributed by atoms with Gasteiger partial charge in [-0.25, -0.2) is 0 Å². The lowest BCUT2D eigenvalue weighted by atomic mass is 9.64. The van der Waals surface area contributed by atoms with E-state index in [9.17, 15) is 0 Å². The zero-order chi connectivity index (χ0) is 15.3. The van der Waals surface area contributed by atoms with Gasteiger partial charge < -0.3 is 5.32 Å². The van der Waals surface area contributed by atoms with Crippen LogP contribution in [-0.4, -0.2) is 13.1 Å². The molecule has 1 aromatic rings. The first-order valence-corrected chi connectivity index (χ1v) is 9.66. The van der Waals surface area contributed by atoms with Crippen molar-refractivity contribution in [3.63, 3.8) is 0 Å². The van der Waals surface area contributed by atoms with Gasteiger partial charge in [-0.1, -0.05) is 27.7 Å². The van der Waals surface area contributed by atoms with Crippen LogP contribution in [0.2, 0.25) is 0 Å². The second-order valence-electron chi connectivity index (χ2n) is 7.94. The van der Waals surface area contributed by atoms with Gasteiger partial charge in [-0.15, -0.1) is 0 Å². The summed E-state index contributed by atoms with van der Waals surface area (Å²) >= 11 is 1.84. The molecule has 120 valence electrons. The zero-order valence-electron chi connectivity index (χ0n) is 14.3. The van der Waals surface area contributed by atoms with Gasteiger partial charge in [0.1, 0.15) is 0 Å². The number of nitrogens with one attached hydrogen (secondary N) is 1. The Kier molecular flexibility index (Phi) is 6.31. The van der Waals surface area contributed by atoms with Crippen molar-refractivity contribution >= 4 is 11.3 Å². The molecule has 21 heavy (non-hydrogen) atoms. The summed E-state index contributed by atoms with van der Waals surface area (Å²) in [6.07, 6.45) is 6.77. The Labute approximate surface area is 135 Å². The molecule has 0 amide bonds. The van der Waals surface area contributed by atoms with Crippen LogP contribution in [0.4, 0.5) is 0 Å². The van der Waals surface area contributed by atoms with Crippen molar-refractivity contribution in [2.45, 2.75) is 59.8 Å². The van der Waals surface area contributed by atoms with Crippen LogP contribution in [-0.2, 0) is 6.42 Å². The van der Waals surface area contributed by atoms with E-state index in [1.54, 1.807) is 5.56 Å². The summed E-state index contributed by atoms with van der Waals surface area (Å²) in [6, 6.07) is 2.32. The molecule has 1 heterocycles. The van der Waals surface area contributed by atoms with Crippen LogP contribution in [0.5, 0.6) is 0 Å². The minimum atomic E-state index is 0.467. The van der Waals surface area contributed by atoms with E-state index in [-0.39, 0.29) is 0 Å². The van der Waals surface area contributed by atoms with Crippen molar-refractivity contribution in [1.82, 2.24) is 5.32 Å². The number of hydrogen-bond donors (Lipinski definition) is 1. The van der Waals surface area contributed by atoms with E-state index in [4.69, 9.17) is 0 Å². The molecule has 1 saturated carbocycles. The predicted octanol–water partition coefficient (Wildman–Crippen LogP) is 5.37. The van der Waals surface area contributed by atoms with Gasteiger partial charge in [-0.3, -0.25) is 0 Å². The molecule has 1 aromatic heterocycles. The highest BCUT2D eigenvalue weighted by Crippen LogP contribution is 2.43. The Morgan fingerprint density at radius 2 is 2.05 bits per heavy atom. The lowest BCUT2D eigenvalue weighted by molar-refractivity contribution is 0.0972. The molecule has 1 nitrogen and oxygen atoms in total. The normalized spacial score (nSPS) is 27.0. The molecule has 0 radical (unpaired) electrons. The molecule has 1 fully saturated rings. The van der Waals surface area contributed by atoms with Gasteiger partial charge in [0.25, 0.3) is 0 Å². The van der Waals surface area contributed by atoms with Crippen LogP contribution >= 0.6 is 11.3 Å². The Morgan fingerprint density at radius 1 is 1.24 bits per heavy atom. The molecule has 3 unspecified atom stereocenters. The van der Waals surface area contributed by atoms with Crippen LogP contribution < -0.4 is 5.32 Å². The summed E-state index contributed by atoms with van der Waals surface area (Å²) in [6.45, 7) is 11.9. The zero-order valence-corrected chi connectivity index (χ0v) is 15.1.